The van der Waals surface area contributed by atoms with Gasteiger partial charge in [-0.2, -0.15) is 11.3 Å². The first-order valence-corrected chi connectivity index (χ1v) is 11.6. The lowest BCUT2D eigenvalue weighted by Crippen LogP contribution is -2.12. The fourth-order valence-electron chi connectivity index (χ4n) is 2.75. The summed E-state index contributed by atoms with van der Waals surface area (Å²) in [7, 11) is 0. The molecule has 1 atom stereocenters. The summed E-state index contributed by atoms with van der Waals surface area (Å²) in [6.07, 6.45) is 5.66. The zero-order valence-corrected chi connectivity index (χ0v) is 18.1. The minimum absolute atomic E-state index is 0.476. The molecule has 5 heteroatoms. The Kier molecular flexibility index (Phi) is 7.85. The summed E-state index contributed by atoms with van der Waals surface area (Å²) in [6.45, 7) is 2.16. The van der Waals surface area contributed by atoms with Crippen LogP contribution in [0.1, 0.15) is 12.5 Å². The third-order valence-electron chi connectivity index (χ3n) is 4.35. The van der Waals surface area contributed by atoms with Gasteiger partial charge in [-0.25, -0.2) is 0 Å². The first-order chi connectivity index (χ1) is 14.2. The van der Waals surface area contributed by atoms with E-state index < -0.39 is 5.44 Å². The molecule has 0 saturated carbocycles. The number of aryl methyl sites for hydroxylation is 1. The number of benzene rings is 2. The number of thiophene rings is 1. The Labute approximate surface area is 179 Å². The molecular formula is C24H23NO2S2. The third kappa shape index (κ3) is 5.92. The van der Waals surface area contributed by atoms with E-state index in [0.29, 0.717) is 5.75 Å². The fraction of sp³-hybridized carbons (Fsp3) is 0.167. The van der Waals surface area contributed by atoms with Crippen molar-refractivity contribution >= 4 is 40.3 Å². The summed E-state index contributed by atoms with van der Waals surface area (Å²) >= 11 is 3.03. The van der Waals surface area contributed by atoms with Gasteiger partial charge < -0.3 is 4.74 Å². The summed E-state index contributed by atoms with van der Waals surface area (Å²) in [6, 6.07) is 20.3. The number of nitrogens with zero attached hydrogens (tertiary/aromatic N) is 1. The van der Waals surface area contributed by atoms with Crippen LogP contribution in [0, 0.1) is 0 Å². The number of carbonyl (C=O) groups is 1. The van der Waals surface area contributed by atoms with E-state index in [0.717, 1.165) is 34.7 Å². The number of pyridine rings is 1. The van der Waals surface area contributed by atoms with Crippen molar-refractivity contribution in [2.45, 2.75) is 18.8 Å². The van der Waals surface area contributed by atoms with E-state index in [1.807, 2.05) is 42.1 Å². The molecule has 4 rings (SSSR count). The Hall–Kier alpha value is -2.63. The minimum atomic E-state index is -0.476. The number of aldehydes is 1. The van der Waals surface area contributed by atoms with Crippen LogP contribution in [0.2, 0.25) is 0 Å². The van der Waals surface area contributed by atoms with Crippen LogP contribution in [0.3, 0.4) is 0 Å². The molecule has 2 aromatic carbocycles. The van der Waals surface area contributed by atoms with E-state index in [9.17, 15) is 4.79 Å². The lowest BCUT2D eigenvalue weighted by atomic mass is 10.1. The maximum absolute atomic E-state index is 10.9. The Balaban J connectivity index is 0.000000252. The van der Waals surface area contributed by atoms with E-state index in [1.54, 1.807) is 11.3 Å². The molecule has 0 N–H and O–H groups in total. The largest absolute Gasteiger partial charge is 0.472 e. The maximum Gasteiger partial charge on any atom is 0.199 e. The topological polar surface area (TPSA) is 39.2 Å². The van der Waals surface area contributed by atoms with Crippen molar-refractivity contribution in [2.24, 2.45) is 0 Å². The number of ether oxygens (including phenoxy) is 1. The highest BCUT2D eigenvalue weighted by Crippen LogP contribution is 2.27. The lowest BCUT2D eigenvalue weighted by molar-refractivity contribution is -0.110. The molecule has 0 aliphatic carbocycles. The van der Waals surface area contributed by atoms with Crippen LogP contribution in [0.5, 0.6) is 5.75 Å². The molecule has 0 spiro atoms. The summed E-state index contributed by atoms with van der Waals surface area (Å²) in [5, 5.41) is 5.15. The molecule has 2 heterocycles. The number of carbonyl (C=O) groups excluding carboxylic acids is 1. The average Bonchev–Trinajstić information content (AvgIpc) is 3.33. The molecule has 4 aromatic rings. The van der Waals surface area contributed by atoms with Gasteiger partial charge in [0.2, 0.25) is 0 Å². The summed E-state index contributed by atoms with van der Waals surface area (Å²) < 4.78 is 5.62. The van der Waals surface area contributed by atoms with Crippen LogP contribution in [0.4, 0.5) is 0 Å². The van der Waals surface area contributed by atoms with Crippen molar-refractivity contribution < 1.29 is 9.53 Å². The average molecular weight is 422 g/mol. The molecule has 29 heavy (non-hydrogen) atoms. The molecule has 0 saturated heterocycles. The molecule has 3 nitrogen and oxygen atoms in total. The van der Waals surface area contributed by atoms with Crippen molar-refractivity contribution in [1.29, 1.82) is 0 Å². The van der Waals surface area contributed by atoms with E-state index in [4.69, 9.17) is 4.74 Å². The molecule has 0 fully saturated rings. The SMILES string of the molecule is CCc1ccccc1.CSC(C=O)Oc1ccc2ncc(-c3ccsc3)cc2c1. The zero-order chi connectivity index (χ0) is 20.5. The van der Waals surface area contributed by atoms with Gasteiger partial charge in [0.05, 0.1) is 5.52 Å². The smallest absolute Gasteiger partial charge is 0.199 e. The van der Waals surface area contributed by atoms with Gasteiger partial charge in [0, 0.05) is 17.1 Å². The van der Waals surface area contributed by atoms with Gasteiger partial charge in [-0.15, -0.1) is 11.8 Å². The van der Waals surface area contributed by atoms with Crippen molar-refractivity contribution in [3.63, 3.8) is 0 Å². The van der Waals surface area contributed by atoms with Gasteiger partial charge in [-0.1, -0.05) is 37.3 Å². The maximum atomic E-state index is 10.9. The van der Waals surface area contributed by atoms with E-state index in [2.05, 4.69) is 53.7 Å². The second-order valence-electron chi connectivity index (χ2n) is 6.29. The van der Waals surface area contributed by atoms with Gasteiger partial charge >= 0.3 is 0 Å². The Morgan fingerprint density at radius 2 is 1.93 bits per heavy atom. The normalized spacial score (nSPS) is 11.4. The van der Waals surface area contributed by atoms with Crippen LogP contribution in [-0.4, -0.2) is 23.0 Å². The van der Waals surface area contributed by atoms with Gasteiger partial charge in [-0.05, 0) is 64.9 Å². The molecule has 1 unspecified atom stereocenters. The first-order valence-electron chi connectivity index (χ1n) is 9.34. The van der Waals surface area contributed by atoms with Crippen LogP contribution in [-0.2, 0) is 11.2 Å². The van der Waals surface area contributed by atoms with Crippen molar-refractivity contribution in [3.05, 3.63) is 83.2 Å². The van der Waals surface area contributed by atoms with Crippen LogP contribution < -0.4 is 4.74 Å². The van der Waals surface area contributed by atoms with Crippen LogP contribution >= 0.6 is 23.1 Å². The Morgan fingerprint density at radius 1 is 1.10 bits per heavy atom. The number of aromatic nitrogens is 1. The quantitative estimate of drug-likeness (QED) is 0.264. The highest BCUT2D eigenvalue weighted by Gasteiger charge is 2.08. The Morgan fingerprint density at radius 3 is 2.55 bits per heavy atom. The number of rotatable bonds is 6. The van der Waals surface area contributed by atoms with Gasteiger partial charge in [0.15, 0.2) is 11.7 Å². The molecule has 0 aliphatic rings. The van der Waals surface area contributed by atoms with E-state index >= 15 is 0 Å². The second kappa shape index (κ2) is 10.8. The first kappa shape index (κ1) is 21.1. The van der Waals surface area contributed by atoms with Crippen molar-refractivity contribution in [1.82, 2.24) is 4.98 Å². The van der Waals surface area contributed by atoms with Crippen LogP contribution in [0.25, 0.3) is 22.0 Å². The highest BCUT2D eigenvalue weighted by molar-refractivity contribution is 7.99. The van der Waals surface area contributed by atoms with E-state index in [-0.39, 0.29) is 0 Å². The fourth-order valence-corrected chi connectivity index (χ4v) is 3.73. The highest BCUT2D eigenvalue weighted by atomic mass is 32.2. The predicted molar refractivity (Wildman–Crippen MR) is 125 cm³/mol. The summed E-state index contributed by atoms with van der Waals surface area (Å²) in [4.78, 5) is 15.3. The Bertz CT molecular complexity index is 1030. The molecule has 0 bridgehead atoms. The van der Waals surface area contributed by atoms with Gasteiger partial charge in [0.1, 0.15) is 5.75 Å². The number of fused-ring (bicyclic) bond motifs is 1. The molecule has 0 aliphatic heterocycles. The summed E-state index contributed by atoms with van der Waals surface area (Å²) in [5.74, 6) is 0.679. The molecular weight excluding hydrogens is 398 g/mol. The van der Waals surface area contributed by atoms with Gasteiger partial charge in [0.25, 0.3) is 0 Å². The standard InChI is InChI=1S/C16H13NO2S2.C8H10/c1-20-16(9-18)19-14-2-3-15-12(7-14)6-13(8-17-15)11-4-5-21-10-11;1-2-8-6-4-3-5-7-8/h2-10,16H,1H3;3-7H,2H2,1H3. The lowest BCUT2D eigenvalue weighted by Gasteiger charge is -2.11. The third-order valence-corrected chi connectivity index (χ3v) is 5.71. The van der Waals surface area contributed by atoms with Crippen LogP contribution in [0.15, 0.2) is 77.6 Å². The summed E-state index contributed by atoms with van der Waals surface area (Å²) in [5.41, 5.74) is 4.09. The zero-order valence-electron chi connectivity index (χ0n) is 16.4. The van der Waals surface area contributed by atoms with E-state index in [1.165, 1.54) is 17.3 Å². The molecule has 2 aromatic heterocycles. The molecule has 148 valence electrons. The number of hydrogen-bond acceptors (Lipinski definition) is 5. The van der Waals surface area contributed by atoms with Crippen molar-refractivity contribution in [3.8, 4) is 16.9 Å². The molecule has 0 amide bonds. The molecule has 0 radical (unpaired) electrons. The number of thioether (sulfide) groups is 1. The predicted octanol–water partition coefficient (Wildman–Crippen LogP) is 6.48. The number of hydrogen-bond donors (Lipinski definition) is 0. The minimum Gasteiger partial charge on any atom is -0.472 e. The van der Waals surface area contributed by atoms with Crippen molar-refractivity contribution in [2.75, 3.05) is 6.26 Å². The van der Waals surface area contributed by atoms with Gasteiger partial charge in [-0.3, -0.25) is 9.78 Å². The second-order valence-corrected chi connectivity index (χ2v) is 8.00. The monoisotopic (exact) mass is 421 g/mol.